The van der Waals surface area contributed by atoms with E-state index in [4.69, 9.17) is 5.73 Å². The number of nitrogens with zero attached hydrogens (tertiary/aromatic N) is 2. The summed E-state index contributed by atoms with van der Waals surface area (Å²) < 4.78 is 0.949. The lowest BCUT2D eigenvalue weighted by Gasteiger charge is -2.36. The summed E-state index contributed by atoms with van der Waals surface area (Å²) in [5, 5.41) is 0. The zero-order chi connectivity index (χ0) is 15.4. The molecule has 5 nitrogen and oxygen atoms in total. The molecule has 1 fully saturated rings. The van der Waals surface area contributed by atoms with Crippen molar-refractivity contribution in [1.29, 1.82) is 0 Å². The minimum atomic E-state index is -0.154. The minimum Gasteiger partial charge on any atom is -0.339 e. The van der Waals surface area contributed by atoms with Crippen LogP contribution in [0.3, 0.4) is 0 Å². The van der Waals surface area contributed by atoms with E-state index in [0.29, 0.717) is 38.3 Å². The highest BCUT2D eigenvalue weighted by Crippen LogP contribution is 2.14. The second-order valence-corrected chi connectivity index (χ2v) is 6.18. The van der Waals surface area contributed by atoms with E-state index in [-0.39, 0.29) is 30.1 Å². The second-order valence-electron chi connectivity index (χ2n) is 5.26. The Labute approximate surface area is 145 Å². The Morgan fingerprint density at radius 3 is 2.14 bits per heavy atom. The van der Waals surface area contributed by atoms with Crippen molar-refractivity contribution in [2.24, 2.45) is 11.7 Å². The fourth-order valence-corrected chi connectivity index (χ4v) is 2.58. The van der Waals surface area contributed by atoms with Gasteiger partial charge >= 0.3 is 0 Å². The van der Waals surface area contributed by atoms with Gasteiger partial charge in [0.05, 0.1) is 0 Å². The first-order chi connectivity index (χ1) is 10.0. The molecule has 22 heavy (non-hydrogen) atoms. The predicted octanol–water partition coefficient (Wildman–Crippen LogP) is 1.75. The Morgan fingerprint density at radius 2 is 1.64 bits per heavy atom. The van der Waals surface area contributed by atoms with Crippen LogP contribution in [-0.4, -0.2) is 54.3 Å². The molecule has 2 N–H and O–H groups in total. The largest absolute Gasteiger partial charge is 0.339 e. The summed E-state index contributed by atoms with van der Waals surface area (Å²) in [7, 11) is 0. The van der Waals surface area contributed by atoms with Crippen LogP contribution in [0.5, 0.6) is 0 Å². The van der Waals surface area contributed by atoms with Gasteiger partial charge in [-0.25, -0.2) is 0 Å². The number of nitrogens with two attached hydrogens (primary N) is 1. The number of amides is 2. The SMILES string of the molecule is CC(CN)C(=O)N1CCN(C(=O)c2ccc(Br)cc2)CC1.Cl. The van der Waals surface area contributed by atoms with Crippen molar-refractivity contribution in [1.82, 2.24) is 9.80 Å². The van der Waals surface area contributed by atoms with Gasteiger partial charge in [0, 0.05) is 48.7 Å². The van der Waals surface area contributed by atoms with Gasteiger partial charge < -0.3 is 15.5 Å². The van der Waals surface area contributed by atoms with E-state index in [1.165, 1.54) is 0 Å². The third-order valence-corrected chi connectivity index (χ3v) is 4.27. The average Bonchev–Trinajstić information content (AvgIpc) is 2.53. The maximum absolute atomic E-state index is 12.4. The topological polar surface area (TPSA) is 66.6 Å². The summed E-state index contributed by atoms with van der Waals surface area (Å²) in [6.45, 7) is 4.48. The monoisotopic (exact) mass is 389 g/mol. The van der Waals surface area contributed by atoms with E-state index in [1.54, 1.807) is 21.9 Å². The summed E-state index contributed by atoms with van der Waals surface area (Å²) in [6.07, 6.45) is 0. The van der Waals surface area contributed by atoms with Gasteiger partial charge in [-0.3, -0.25) is 9.59 Å². The van der Waals surface area contributed by atoms with Gasteiger partial charge in [-0.1, -0.05) is 22.9 Å². The van der Waals surface area contributed by atoms with Crippen LogP contribution >= 0.6 is 28.3 Å². The first kappa shape index (κ1) is 18.9. The van der Waals surface area contributed by atoms with Crippen LogP contribution in [0.25, 0.3) is 0 Å². The summed E-state index contributed by atoms with van der Waals surface area (Å²) in [5.74, 6) is -0.0616. The van der Waals surface area contributed by atoms with Crippen LogP contribution in [0.4, 0.5) is 0 Å². The number of hydrogen-bond acceptors (Lipinski definition) is 3. The molecule has 1 aromatic rings. The minimum absolute atomic E-state index is 0. The molecule has 1 aliphatic rings. The molecule has 1 heterocycles. The van der Waals surface area contributed by atoms with Crippen molar-refractivity contribution in [2.45, 2.75) is 6.92 Å². The van der Waals surface area contributed by atoms with Crippen LogP contribution in [0, 0.1) is 5.92 Å². The Morgan fingerprint density at radius 1 is 1.14 bits per heavy atom. The molecule has 0 aliphatic carbocycles. The fourth-order valence-electron chi connectivity index (χ4n) is 2.32. The summed E-state index contributed by atoms with van der Waals surface area (Å²) in [5.41, 5.74) is 6.20. The lowest BCUT2D eigenvalue weighted by atomic mass is 10.1. The maximum atomic E-state index is 12.4. The van der Waals surface area contributed by atoms with Gasteiger partial charge in [-0.2, -0.15) is 0 Å². The number of piperazine rings is 1. The van der Waals surface area contributed by atoms with Gasteiger partial charge in [0.25, 0.3) is 5.91 Å². The maximum Gasteiger partial charge on any atom is 0.253 e. The molecule has 0 bridgehead atoms. The number of carbonyl (C=O) groups is 2. The van der Waals surface area contributed by atoms with Crippen LogP contribution in [0.2, 0.25) is 0 Å². The van der Waals surface area contributed by atoms with Crippen molar-refractivity contribution in [3.8, 4) is 0 Å². The third-order valence-electron chi connectivity index (χ3n) is 3.74. The molecule has 0 aromatic heterocycles. The smallest absolute Gasteiger partial charge is 0.253 e. The number of hydrogen-bond donors (Lipinski definition) is 1. The normalized spacial score (nSPS) is 16.0. The van der Waals surface area contributed by atoms with Gasteiger partial charge in [-0.15, -0.1) is 12.4 Å². The van der Waals surface area contributed by atoms with Crippen molar-refractivity contribution in [2.75, 3.05) is 32.7 Å². The Bertz CT molecular complexity index is 516. The zero-order valence-corrected chi connectivity index (χ0v) is 14.9. The Kier molecular flexibility index (Phi) is 7.32. The molecule has 2 amide bonds. The lowest BCUT2D eigenvalue weighted by molar-refractivity contribution is -0.136. The molecule has 7 heteroatoms. The van der Waals surface area contributed by atoms with E-state index >= 15 is 0 Å². The Balaban J connectivity index is 0.00000242. The van der Waals surface area contributed by atoms with Crippen molar-refractivity contribution in [3.05, 3.63) is 34.3 Å². The molecular weight excluding hydrogens is 370 g/mol. The molecule has 1 atom stereocenters. The third kappa shape index (κ3) is 4.44. The van der Waals surface area contributed by atoms with Crippen LogP contribution in [-0.2, 0) is 4.79 Å². The van der Waals surface area contributed by atoms with Crippen molar-refractivity contribution >= 4 is 40.2 Å². The highest BCUT2D eigenvalue weighted by molar-refractivity contribution is 9.10. The number of rotatable bonds is 3. The standard InChI is InChI=1S/C15H20BrN3O2.ClH/c1-11(10-17)14(20)18-6-8-19(9-7-18)15(21)12-2-4-13(16)5-3-12;/h2-5,11H,6-10,17H2,1H3;1H. The van der Waals surface area contributed by atoms with Crippen LogP contribution in [0.15, 0.2) is 28.7 Å². The van der Waals surface area contributed by atoms with E-state index in [9.17, 15) is 9.59 Å². The molecule has 1 saturated heterocycles. The van der Waals surface area contributed by atoms with Crippen LogP contribution < -0.4 is 5.73 Å². The molecule has 1 aliphatic heterocycles. The second kappa shape index (κ2) is 8.50. The van der Waals surface area contributed by atoms with Gasteiger partial charge in [0.15, 0.2) is 0 Å². The number of benzene rings is 1. The van der Waals surface area contributed by atoms with E-state index < -0.39 is 0 Å². The molecule has 1 aromatic carbocycles. The van der Waals surface area contributed by atoms with E-state index in [1.807, 2.05) is 19.1 Å². The van der Waals surface area contributed by atoms with Gasteiger partial charge in [0.1, 0.15) is 0 Å². The summed E-state index contributed by atoms with van der Waals surface area (Å²) >= 11 is 3.36. The van der Waals surface area contributed by atoms with Gasteiger partial charge in [-0.05, 0) is 24.3 Å². The zero-order valence-electron chi connectivity index (χ0n) is 12.5. The summed E-state index contributed by atoms with van der Waals surface area (Å²) in [4.78, 5) is 28.0. The molecular formula is C15H21BrClN3O2. The number of carbonyl (C=O) groups excluding carboxylic acids is 2. The van der Waals surface area contributed by atoms with E-state index in [2.05, 4.69) is 15.9 Å². The first-order valence-corrected chi connectivity index (χ1v) is 7.86. The predicted molar refractivity (Wildman–Crippen MR) is 92.1 cm³/mol. The molecule has 2 rings (SSSR count). The molecule has 0 saturated carbocycles. The van der Waals surface area contributed by atoms with Crippen LogP contribution in [0.1, 0.15) is 17.3 Å². The molecule has 0 radical (unpaired) electrons. The Hall–Kier alpha value is -1.11. The molecule has 1 unspecified atom stereocenters. The van der Waals surface area contributed by atoms with Gasteiger partial charge in [0.2, 0.25) is 5.91 Å². The van der Waals surface area contributed by atoms with Crippen molar-refractivity contribution in [3.63, 3.8) is 0 Å². The summed E-state index contributed by atoms with van der Waals surface area (Å²) in [6, 6.07) is 7.33. The van der Waals surface area contributed by atoms with Crippen molar-refractivity contribution < 1.29 is 9.59 Å². The quantitative estimate of drug-likeness (QED) is 0.855. The highest BCUT2D eigenvalue weighted by Gasteiger charge is 2.26. The highest BCUT2D eigenvalue weighted by atomic mass is 79.9. The van der Waals surface area contributed by atoms with E-state index in [0.717, 1.165) is 4.47 Å². The molecule has 0 spiro atoms. The fraction of sp³-hybridized carbons (Fsp3) is 0.467. The average molecular weight is 391 g/mol. The lowest BCUT2D eigenvalue weighted by Crippen LogP contribution is -2.52. The molecule has 122 valence electrons. The first-order valence-electron chi connectivity index (χ1n) is 7.06. The number of halogens is 2.